The summed E-state index contributed by atoms with van der Waals surface area (Å²) in [5.74, 6) is 0.366. The van der Waals surface area contributed by atoms with E-state index in [0.29, 0.717) is 23.5 Å². The first-order valence-corrected chi connectivity index (χ1v) is 6.57. The number of imidazole rings is 1. The summed E-state index contributed by atoms with van der Waals surface area (Å²) in [6.45, 7) is 0.392. The van der Waals surface area contributed by atoms with Crippen molar-refractivity contribution in [1.29, 1.82) is 0 Å². The molecule has 0 unspecified atom stereocenters. The molecular formula is C12H10BrFN6. The summed E-state index contributed by atoms with van der Waals surface area (Å²) in [6.07, 6.45) is 1.52. The highest BCUT2D eigenvalue weighted by molar-refractivity contribution is 9.10. The van der Waals surface area contributed by atoms with Crippen molar-refractivity contribution in [2.75, 3.05) is 11.1 Å². The van der Waals surface area contributed by atoms with Crippen LogP contribution in [0.5, 0.6) is 0 Å². The molecule has 0 aliphatic heterocycles. The van der Waals surface area contributed by atoms with Gasteiger partial charge in [-0.05, 0) is 23.8 Å². The Labute approximate surface area is 121 Å². The molecule has 20 heavy (non-hydrogen) atoms. The zero-order valence-corrected chi connectivity index (χ0v) is 11.8. The molecular weight excluding hydrogens is 327 g/mol. The summed E-state index contributed by atoms with van der Waals surface area (Å²) in [6, 6.07) is 4.50. The molecule has 0 fully saturated rings. The molecule has 3 aromatic rings. The summed E-state index contributed by atoms with van der Waals surface area (Å²) in [5.41, 5.74) is 7.54. The molecule has 8 heteroatoms. The van der Waals surface area contributed by atoms with Crippen LogP contribution in [0.1, 0.15) is 5.56 Å². The van der Waals surface area contributed by atoms with Crippen molar-refractivity contribution in [2.45, 2.75) is 6.54 Å². The van der Waals surface area contributed by atoms with Crippen molar-refractivity contribution in [1.82, 2.24) is 19.9 Å². The SMILES string of the molecule is Nc1nc(NCc2cc(F)ccc2Br)c2[nH]cnc2n1. The molecule has 0 amide bonds. The van der Waals surface area contributed by atoms with E-state index in [4.69, 9.17) is 5.73 Å². The summed E-state index contributed by atoms with van der Waals surface area (Å²) < 4.78 is 14.0. The summed E-state index contributed by atoms with van der Waals surface area (Å²) in [7, 11) is 0. The molecule has 3 rings (SSSR count). The molecule has 4 N–H and O–H groups in total. The second kappa shape index (κ2) is 5.04. The monoisotopic (exact) mass is 336 g/mol. The third kappa shape index (κ3) is 2.42. The number of aromatic nitrogens is 4. The minimum Gasteiger partial charge on any atom is -0.368 e. The Kier molecular flexibility index (Phi) is 3.23. The number of nitrogens with zero attached hydrogens (tertiary/aromatic N) is 3. The van der Waals surface area contributed by atoms with Gasteiger partial charge in [-0.2, -0.15) is 9.97 Å². The van der Waals surface area contributed by atoms with Crippen LogP contribution in [0.4, 0.5) is 16.2 Å². The number of hydrogen-bond donors (Lipinski definition) is 3. The van der Waals surface area contributed by atoms with E-state index in [2.05, 4.69) is 41.2 Å². The maximum absolute atomic E-state index is 13.2. The number of hydrogen-bond acceptors (Lipinski definition) is 5. The molecule has 2 aromatic heterocycles. The van der Waals surface area contributed by atoms with Crippen molar-refractivity contribution >= 4 is 38.9 Å². The molecule has 0 radical (unpaired) electrons. The molecule has 0 saturated heterocycles. The number of halogens is 2. The molecule has 0 aliphatic rings. The lowest BCUT2D eigenvalue weighted by Crippen LogP contribution is -2.06. The highest BCUT2D eigenvalue weighted by Gasteiger charge is 2.09. The van der Waals surface area contributed by atoms with E-state index in [1.807, 2.05) is 0 Å². The zero-order chi connectivity index (χ0) is 14.1. The van der Waals surface area contributed by atoms with E-state index in [9.17, 15) is 4.39 Å². The second-order valence-electron chi connectivity index (χ2n) is 4.12. The first-order valence-electron chi connectivity index (χ1n) is 5.78. The Morgan fingerprint density at radius 1 is 1.35 bits per heavy atom. The van der Waals surface area contributed by atoms with Gasteiger partial charge in [0.25, 0.3) is 0 Å². The summed E-state index contributed by atoms with van der Waals surface area (Å²) in [4.78, 5) is 15.1. The minimum atomic E-state index is -0.293. The average molecular weight is 337 g/mol. The number of nitrogens with one attached hydrogen (secondary N) is 2. The number of anilines is 2. The number of benzene rings is 1. The van der Waals surface area contributed by atoms with Crippen LogP contribution in [-0.2, 0) is 6.54 Å². The Hall–Kier alpha value is -2.22. The lowest BCUT2D eigenvalue weighted by molar-refractivity contribution is 0.625. The van der Waals surface area contributed by atoms with Crippen molar-refractivity contribution in [3.8, 4) is 0 Å². The topological polar surface area (TPSA) is 92.5 Å². The summed E-state index contributed by atoms with van der Waals surface area (Å²) in [5, 5.41) is 3.10. The number of nitrogens with two attached hydrogens (primary N) is 1. The first-order chi connectivity index (χ1) is 9.63. The first kappa shape index (κ1) is 12.8. The van der Waals surface area contributed by atoms with E-state index in [1.165, 1.54) is 18.5 Å². The van der Waals surface area contributed by atoms with Crippen LogP contribution in [0.25, 0.3) is 11.2 Å². The van der Waals surface area contributed by atoms with Crippen LogP contribution in [-0.4, -0.2) is 19.9 Å². The van der Waals surface area contributed by atoms with Crippen LogP contribution in [0.2, 0.25) is 0 Å². The van der Waals surface area contributed by atoms with Gasteiger partial charge >= 0.3 is 0 Å². The molecule has 0 spiro atoms. The van der Waals surface area contributed by atoms with E-state index in [0.717, 1.165) is 10.0 Å². The van der Waals surface area contributed by atoms with Gasteiger partial charge in [-0.15, -0.1) is 0 Å². The molecule has 0 bridgehead atoms. The smallest absolute Gasteiger partial charge is 0.224 e. The van der Waals surface area contributed by atoms with Crippen LogP contribution in [0.15, 0.2) is 29.0 Å². The van der Waals surface area contributed by atoms with Gasteiger partial charge in [-0.1, -0.05) is 15.9 Å². The van der Waals surface area contributed by atoms with Gasteiger partial charge in [-0.3, -0.25) is 0 Å². The van der Waals surface area contributed by atoms with E-state index >= 15 is 0 Å². The average Bonchev–Trinajstić information content (AvgIpc) is 2.87. The van der Waals surface area contributed by atoms with Crippen LogP contribution >= 0.6 is 15.9 Å². The van der Waals surface area contributed by atoms with Gasteiger partial charge in [0.2, 0.25) is 5.95 Å². The number of rotatable bonds is 3. The van der Waals surface area contributed by atoms with Gasteiger partial charge in [0.05, 0.1) is 6.33 Å². The van der Waals surface area contributed by atoms with Gasteiger partial charge in [0.1, 0.15) is 11.3 Å². The second-order valence-corrected chi connectivity index (χ2v) is 4.98. The Bertz CT molecular complexity index is 772. The summed E-state index contributed by atoms with van der Waals surface area (Å²) >= 11 is 3.38. The van der Waals surface area contributed by atoms with Crippen molar-refractivity contribution in [3.05, 3.63) is 40.4 Å². The Morgan fingerprint density at radius 3 is 3.05 bits per heavy atom. The molecule has 6 nitrogen and oxygen atoms in total. The fourth-order valence-electron chi connectivity index (χ4n) is 1.84. The number of nitrogen functional groups attached to an aromatic ring is 1. The predicted molar refractivity (Wildman–Crippen MR) is 77.5 cm³/mol. The Morgan fingerprint density at radius 2 is 2.20 bits per heavy atom. The third-order valence-electron chi connectivity index (χ3n) is 2.76. The fourth-order valence-corrected chi connectivity index (χ4v) is 2.22. The van der Waals surface area contributed by atoms with Gasteiger partial charge < -0.3 is 16.0 Å². The van der Waals surface area contributed by atoms with Gasteiger partial charge in [-0.25, -0.2) is 9.37 Å². The maximum Gasteiger partial charge on any atom is 0.224 e. The van der Waals surface area contributed by atoms with Crippen LogP contribution in [0.3, 0.4) is 0 Å². The van der Waals surface area contributed by atoms with Crippen molar-refractivity contribution in [2.24, 2.45) is 0 Å². The highest BCUT2D eigenvalue weighted by atomic mass is 79.9. The van der Waals surface area contributed by atoms with Gasteiger partial charge in [0.15, 0.2) is 11.5 Å². The molecule has 0 saturated carbocycles. The van der Waals surface area contributed by atoms with Gasteiger partial charge in [0, 0.05) is 11.0 Å². The van der Waals surface area contributed by atoms with E-state index in [-0.39, 0.29) is 11.8 Å². The quantitative estimate of drug-likeness (QED) is 0.683. The normalized spacial score (nSPS) is 10.9. The maximum atomic E-state index is 13.2. The molecule has 0 aliphatic carbocycles. The van der Waals surface area contributed by atoms with Crippen LogP contribution in [0, 0.1) is 5.82 Å². The molecule has 0 atom stereocenters. The van der Waals surface area contributed by atoms with Crippen LogP contribution < -0.4 is 11.1 Å². The predicted octanol–water partition coefficient (Wildman–Crippen LogP) is 2.45. The Balaban J connectivity index is 1.90. The zero-order valence-electron chi connectivity index (χ0n) is 10.2. The van der Waals surface area contributed by atoms with Crippen molar-refractivity contribution < 1.29 is 4.39 Å². The van der Waals surface area contributed by atoms with E-state index < -0.39 is 0 Å². The third-order valence-corrected chi connectivity index (χ3v) is 3.53. The lowest BCUT2D eigenvalue weighted by Gasteiger charge is -2.08. The number of H-pyrrole nitrogens is 1. The lowest BCUT2D eigenvalue weighted by atomic mass is 10.2. The highest BCUT2D eigenvalue weighted by Crippen LogP contribution is 2.21. The fraction of sp³-hybridized carbons (Fsp3) is 0.0833. The molecule has 1 aromatic carbocycles. The number of fused-ring (bicyclic) bond motifs is 1. The number of aromatic amines is 1. The minimum absolute atomic E-state index is 0.130. The van der Waals surface area contributed by atoms with Crippen molar-refractivity contribution in [3.63, 3.8) is 0 Å². The molecule has 2 heterocycles. The standard InChI is InChI=1S/C12H10BrFN6/c13-8-2-1-7(14)3-6(8)4-16-10-9-11(18-5-17-9)20-12(15)19-10/h1-3,5H,4H2,(H4,15,16,17,18,19,20). The largest absolute Gasteiger partial charge is 0.368 e. The molecule has 102 valence electrons. The van der Waals surface area contributed by atoms with E-state index in [1.54, 1.807) is 6.07 Å².